The van der Waals surface area contributed by atoms with Crippen molar-refractivity contribution in [3.8, 4) is 0 Å². The number of rotatable bonds is 3. The molecule has 0 spiro atoms. The molecule has 0 radical (unpaired) electrons. The average Bonchev–Trinajstić information content (AvgIpc) is 2.64. The SMILES string of the molecule is Nc1ccc(I)cc1Cl.O=[N+]([O-])c1ccc(F)c(F)c1Nc1ccc(I)cc1Cl. The second-order valence-corrected chi connectivity index (χ2v) is 8.73. The molecule has 0 aromatic heterocycles. The Morgan fingerprint density at radius 3 is 2.07 bits per heavy atom. The number of nitrogens with zero attached hydrogens (tertiary/aromatic N) is 1. The van der Waals surface area contributed by atoms with Crippen molar-refractivity contribution in [3.05, 3.63) is 87.5 Å². The first-order chi connectivity index (χ1) is 13.6. The van der Waals surface area contributed by atoms with Crippen molar-refractivity contribution in [2.45, 2.75) is 0 Å². The number of hydrogen-bond donors (Lipinski definition) is 2. The van der Waals surface area contributed by atoms with Gasteiger partial charge in [0.1, 0.15) is 0 Å². The highest BCUT2D eigenvalue weighted by molar-refractivity contribution is 14.1. The maximum atomic E-state index is 13.7. The van der Waals surface area contributed by atoms with E-state index in [1.165, 1.54) is 6.07 Å². The van der Waals surface area contributed by atoms with E-state index in [9.17, 15) is 18.9 Å². The predicted molar refractivity (Wildman–Crippen MR) is 129 cm³/mol. The van der Waals surface area contributed by atoms with Crippen LogP contribution in [0.5, 0.6) is 0 Å². The Labute approximate surface area is 202 Å². The van der Waals surface area contributed by atoms with Crippen LogP contribution < -0.4 is 11.1 Å². The van der Waals surface area contributed by atoms with E-state index in [-0.39, 0.29) is 10.7 Å². The summed E-state index contributed by atoms with van der Waals surface area (Å²) in [6.45, 7) is 0. The van der Waals surface area contributed by atoms with Gasteiger partial charge < -0.3 is 11.1 Å². The lowest BCUT2D eigenvalue weighted by Gasteiger charge is -2.10. The number of nitro groups is 1. The Morgan fingerprint density at radius 2 is 1.55 bits per heavy atom. The molecule has 11 heteroatoms. The number of anilines is 3. The summed E-state index contributed by atoms with van der Waals surface area (Å²) in [5.74, 6) is -2.51. The van der Waals surface area contributed by atoms with Crippen LogP contribution in [0.1, 0.15) is 0 Å². The molecule has 0 aliphatic rings. The summed E-state index contributed by atoms with van der Waals surface area (Å²) in [7, 11) is 0. The van der Waals surface area contributed by atoms with Gasteiger partial charge in [0.2, 0.25) is 0 Å². The molecule has 0 unspecified atom stereocenters. The number of benzene rings is 3. The van der Waals surface area contributed by atoms with Crippen LogP contribution >= 0.6 is 68.4 Å². The molecule has 0 atom stereocenters. The lowest BCUT2D eigenvalue weighted by Crippen LogP contribution is -2.02. The van der Waals surface area contributed by atoms with Gasteiger partial charge in [0, 0.05) is 13.2 Å². The fourth-order valence-corrected chi connectivity index (χ4v) is 3.80. The van der Waals surface area contributed by atoms with E-state index in [4.69, 9.17) is 28.9 Å². The Morgan fingerprint density at radius 1 is 0.966 bits per heavy atom. The van der Waals surface area contributed by atoms with Crippen molar-refractivity contribution in [1.29, 1.82) is 0 Å². The summed E-state index contributed by atoms with van der Waals surface area (Å²) in [6.07, 6.45) is 0. The summed E-state index contributed by atoms with van der Waals surface area (Å²) in [5, 5.41) is 14.2. The van der Waals surface area contributed by atoms with Crippen molar-refractivity contribution in [1.82, 2.24) is 0 Å². The van der Waals surface area contributed by atoms with Crippen molar-refractivity contribution in [3.63, 3.8) is 0 Å². The number of nitro benzene ring substituents is 1. The highest BCUT2D eigenvalue weighted by Gasteiger charge is 2.22. The smallest absolute Gasteiger partial charge is 0.295 e. The van der Waals surface area contributed by atoms with Gasteiger partial charge in [-0.15, -0.1) is 0 Å². The highest BCUT2D eigenvalue weighted by atomic mass is 127. The molecule has 3 N–H and O–H groups in total. The maximum absolute atomic E-state index is 13.7. The van der Waals surface area contributed by atoms with E-state index < -0.39 is 27.9 Å². The standard InChI is InChI=1S/C12H6ClF2IN2O2.C6H5ClIN/c13-7-5-6(16)1-3-9(7)17-12-10(18(19)20)4-2-8(14)11(12)15;7-5-3-4(8)1-2-6(5)9/h1-5,17H;1-3H,9H2. The van der Waals surface area contributed by atoms with E-state index in [0.717, 1.165) is 13.2 Å². The van der Waals surface area contributed by atoms with Gasteiger partial charge in [-0.2, -0.15) is 0 Å². The predicted octanol–water partition coefficient (Wildman–Crippen LogP) is 7.40. The molecule has 0 aliphatic carbocycles. The van der Waals surface area contributed by atoms with E-state index in [0.29, 0.717) is 16.8 Å². The van der Waals surface area contributed by atoms with Gasteiger partial charge in [0.25, 0.3) is 5.69 Å². The second kappa shape index (κ2) is 10.5. The van der Waals surface area contributed by atoms with Crippen LogP contribution in [0.4, 0.5) is 31.5 Å². The molecule has 0 saturated heterocycles. The molecule has 5 nitrogen and oxygen atoms in total. The minimum Gasteiger partial charge on any atom is -0.398 e. The summed E-state index contributed by atoms with van der Waals surface area (Å²) >= 11 is 15.8. The summed E-state index contributed by atoms with van der Waals surface area (Å²) in [6, 6.07) is 11.9. The maximum Gasteiger partial charge on any atom is 0.295 e. The van der Waals surface area contributed by atoms with Crippen LogP contribution in [0.3, 0.4) is 0 Å². The van der Waals surface area contributed by atoms with Crippen LogP contribution in [-0.2, 0) is 0 Å². The molecule has 0 bridgehead atoms. The topological polar surface area (TPSA) is 81.2 Å². The highest BCUT2D eigenvalue weighted by Crippen LogP contribution is 2.34. The number of nitrogens with two attached hydrogens (primary N) is 1. The molecule has 0 heterocycles. The second-order valence-electron chi connectivity index (χ2n) is 5.43. The first-order valence-electron chi connectivity index (χ1n) is 7.65. The quantitative estimate of drug-likeness (QED) is 0.132. The molecule has 0 amide bonds. The molecular formula is C18H11Cl2F2I2N3O2. The van der Waals surface area contributed by atoms with Crippen LogP contribution in [-0.4, -0.2) is 4.92 Å². The molecule has 0 saturated carbocycles. The van der Waals surface area contributed by atoms with Gasteiger partial charge in [-0.05, 0) is 87.6 Å². The molecule has 3 aromatic rings. The van der Waals surface area contributed by atoms with Crippen molar-refractivity contribution < 1.29 is 13.7 Å². The van der Waals surface area contributed by atoms with Gasteiger partial charge in [-0.1, -0.05) is 23.2 Å². The monoisotopic (exact) mass is 663 g/mol. The van der Waals surface area contributed by atoms with Gasteiger partial charge >= 0.3 is 0 Å². The van der Waals surface area contributed by atoms with Crippen LogP contribution in [0, 0.1) is 28.9 Å². The minimum atomic E-state index is -1.33. The molecule has 3 aromatic carbocycles. The normalized spacial score (nSPS) is 10.1. The molecule has 0 fully saturated rings. The Bertz CT molecular complexity index is 1070. The Balaban J connectivity index is 0.000000278. The van der Waals surface area contributed by atoms with Gasteiger partial charge in [-0.3, -0.25) is 10.1 Å². The first kappa shape index (κ1) is 23.8. The van der Waals surface area contributed by atoms with Crippen LogP contribution in [0.2, 0.25) is 10.0 Å². The zero-order valence-electron chi connectivity index (χ0n) is 14.2. The zero-order valence-corrected chi connectivity index (χ0v) is 20.1. The Hall–Kier alpha value is -1.44. The van der Waals surface area contributed by atoms with E-state index in [2.05, 4.69) is 27.9 Å². The lowest BCUT2D eigenvalue weighted by molar-refractivity contribution is -0.384. The third kappa shape index (κ3) is 6.52. The Kier molecular flexibility index (Phi) is 8.67. The lowest BCUT2D eigenvalue weighted by atomic mass is 10.2. The third-order valence-electron chi connectivity index (χ3n) is 3.42. The molecule has 3 rings (SSSR count). The number of nitrogen functional groups attached to an aromatic ring is 1. The van der Waals surface area contributed by atoms with Crippen molar-refractivity contribution in [2.75, 3.05) is 11.1 Å². The summed E-state index contributed by atoms with van der Waals surface area (Å²) < 4.78 is 28.9. The number of nitrogens with one attached hydrogen (secondary N) is 1. The number of halogens is 6. The fraction of sp³-hybridized carbons (Fsp3) is 0. The zero-order chi connectivity index (χ0) is 21.7. The fourth-order valence-electron chi connectivity index (χ4n) is 2.04. The van der Waals surface area contributed by atoms with E-state index >= 15 is 0 Å². The van der Waals surface area contributed by atoms with Gasteiger partial charge in [-0.25, -0.2) is 8.78 Å². The summed E-state index contributed by atoms with van der Waals surface area (Å²) in [4.78, 5) is 10.1. The first-order valence-corrected chi connectivity index (χ1v) is 10.6. The average molecular weight is 664 g/mol. The van der Waals surface area contributed by atoms with Crippen molar-refractivity contribution >= 4 is 91.1 Å². The number of hydrogen-bond acceptors (Lipinski definition) is 4. The van der Waals surface area contributed by atoms with E-state index in [1.807, 2.05) is 34.7 Å². The summed E-state index contributed by atoms with van der Waals surface area (Å²) in [5.41, 5.74) is 5.21. The molecular weight excluding hydrogens is 653 g/mol. The molecule has 29 heavy (non-hydrogen) atoms. The largest absolute Gasteiger partial charge is 0.398 e. The van der Waals surface area contributed by atoms with Crippen molar-refractivity contribution in [2.24, 2.45) is 0 Å². The van der Waals surface area contributed by atoms with Gasteiger partial charge in [0.05, 0.1) is 26.3 Å². The van der Waals surface area contributed by atoms with Crippen LogP contribution in [0.15, 0.2) is 48.5 Å². The minimum absolute atomic E-state index is 0.245. The van der Waals surface area contributed by atoms with E-state index in [1.54, 1.807) is 18.2 Å². The van der Waals surface area contributed by atoms with Gasteiger partial charge in [0.15, 0.2) is 17.3 Å². The third-order valence-corrected chi connectivity index (χ3v) is 5.40. The molecule has 0 aliphatic heterocycles. The van der Waals surface area contributed by atoms with Crippen LogP contribution in [0.25, 0.3) is 0 Å². The molecule has 152 valence electrons.